The van der Waals surface area contributed by atoms with Gasteiger partial charge in [-0.2, -0.15) is 0 Å². The Kier molecular flexibility index (Phi) is 4.39. The summed E-state index contributed by atoms with van der Waals surface area (Å²) < 4.78 is 5.44. The minimum atomic E-state index is -1.25. The van der Waals surface area contributed by atoms with Gasteiger partial charge in [0, 0.05) is 17.7 Å². The lowest BCUT2D eigenvalue weighted by Crippen LogP contribution is -2.49. The van der Waals surface area contributed by atoms with Crippen molar-refractivity contribution >= 4 is 17.5 Å². The number of para-hydroxylation sites is 1. The molecule has 1 aromatic carbocycles. The molecule has 2 atom stereocenters. The first kappa shape index (κ1) is 17.2. The Bertz CT molecular complexity index is 782. The molecule has 2 heterocycles. The molecule has 132 valence electrons. The second kappa shape index (κ2) is 6.37. The second-order valence-electron chi connectivity index (χ2n) is 6.50. The van der Waals surface area contributed by atoms with Gasteiger partial charge in [0.2, 0.25) is 0 Å². The average molecular weight is 343 g/mol. The van der Waals surface area contributed by atoms with Gasteiger partial charge in [0.05, 0.1) is 18.2 Å². The van der Waals surface area contributed by atoms with E-state index in [2.05, 4.69) is 0 Å². The molecule has 1 saturated heterocycles. The van der Waals surface area contributed by atoms with Crippen molar-refractivity contribution in [3.05, 3.63) is 47.6 Å². The van der Waals surface area contributed by atoms with Gasteiger partial charge in [-0.15, -0.1) is 0 Å². The first-order valence-corrected chi connectivity index (χ1v) is 8.15. The third-order valence-corrected chi connectivity index (χ3v) is 5.32. The zero-order chi connectivity index (χ0) is 18.2. The van der Waals surface area contributed by atoms with E-state index in [9.17, 15) is 14.7 Å². The maximum Gasteiger partial charge on any atom is 0.334 e. The number of carbonyl (C=O) groups is 2. The molecule has 0 radical (unpaired) electrons. The van der Waals surface area contributed by atoms with Gasteiger partial charge in [-0.05, 0) is 37.9 Å². The zero-order valence-electron chi connectivity index (χ0n) is 14.2. The summed E-state index contributed by atoms with van der Waals surface area (Å²) in [5, 5.41) is 18.8. The first-order valence-electron chi connectivity index (χ1n) is 8.15. The van der Waals surface area contributed by atoms with E-state index >= 15 is 0 Å². The lowest BCUT2D eigenvalue weighted by atomic mass is 9.81. The molecule has 0 saturated carbocycles. The Morgan fingerprint density at radius 3 is 2.68 bits per heavy atom. The van der Waals surface area contributed by atoms with E-state index in [-0.39, 0.29) is 11.6 Å². The highest BCUT2D eigenvalue weighted by molar-refractivity contribution is 5.98. The van der Waals surface area contributed by atoms with Crippen LogP contribution >= 0.6 is 0 Å². The smallest absolute Gasteiger partial charge is 0.334 e. The third kappa shape index (κ3) is 2.82. The number of hydrogen-bond acceptors (Lipinski definition) is 4. The molecule has 2 aliphatic rings. The number of aliphatic carboxylic acids is 2. The van der Waals surface area contributed by atoms with Gasteiger partial charge in [-0.3, -0.25) is 4.90 Å². The van der Waals surface area contributed by atoms with Crippen LogP contribution in [-0.2, 0) is 9.59 Å². The highest BCUT2D eigenvalue weighted by atomic mass is 16.5. The predicted octanol–water partition coefficient (Wildman–Crippen LogP) is 2.41. The molecule has 0 amide bonds. The number of ether oxygens (including phenoxy) is 1. The molecule has 1 aromatic rings. The fourth-order valence-electron chi connectivity index (χ4n) is 4.09. The summed E-state index contributed by atoms with van der Waals surface area (Å²) in [4.78, 5) is 25.0. The molecule has 6 heteroatoms. The van der Waals surface area contributed by atoms with E-state index in [0.29, 0.717) is 6.42 Å². The molecular formula is C19H21NO5. The molecule has 0 spiro atoms. The van der Waals surface area contributed by atoms with Gasteiger partial charge in [0.15, 0.2) is 0 Å². The van der Waals surface area contributed by atoms with Gasteiger partial charge >= 0.3 is 11.9 Å². The van der Waals surface area contributed by atoms with Gasteiger partial charge in [0.1, 0.15) is 5.75 Å². The fourth-order valence-corrected chi connectivity index (χ4v) is 4.09. The average Bonchev–Trinajstić information content (AvgIpc) is 2.78. The van der Waals surface area contributed by atoms with Crippen molar-refractivity contribution in [1.29, 1.82) is 0 Å². The Balaban J connectivity index is 2.17. The number of rotatable bonds is 5. The maximum atomic E-state index is 11.8. The van der Waals surface area contributed by atoms with Crippen LogP contribution in [0.2, 0.25) is 0 Å². The van der Waals surface area contributed by atoms with Crippen LogP contribution in [0.5, 0.6) is 5.75 Å². The molecule has 0 aromatic heterocycles. The van der Waals surface area contributed by atoms with E-state index in [1.807, 2.05) is 42.3 Å². The molecule has 25 heavy (non-hydrogen) atoms. The number of fused-ring (bicyclic) bond motifs is 2. The van der Waals surface area contributed by atoms with Crippen LogP contribution in [-0.4, -0.2) is 52.8 Å². The van der Waals surface area contributed by atoms with Gasteiger partial charge in [0.25, 0.3) is 0 Å². The van der Waals surface area contributed by atoms with E-state index in [1.54, 1.807) is 7.11 Å². The summed E-state index contributed by atoms with van der Waals surface area (Å²) in [6.07, 6.45) is 4.91. The second-order valence-corrected chi connectivity index (χ2v) is 6.50. The Morgan fingerprint density at radius 1 is 1.32 bits per heavy atom. The molecule has 2 aliphatic heterocycles. The number of carboxylic acid groups (broad SMARTS) is 2. The first-order chi connectivity index (χ1) is 11.9. The Labute approximate surface area is 146 Å². The largest absolute Gasteiger partial charge is 0.496 e. The normalized spacial score (nSPS) is 26.2. The van der Waals surface area contributed by atoms with Crippen LogP contribution in [0.3, 0.4) is 0 Å². The van der Waals surface area contributed by atoms with Crippen molar-refractivity contribution in [2.24, 2.45) is 0 Å². The molecule has 2 unspecified atom stereocenters. The van der Waals surface area contributed by atoms with Crippen molar-refractivity contribution in [2.45, 2.75) is 30.8 Å². The minimum Gasteiger partial charge on any atom is -0.496 e. The van der Waals surface area contributed by atoms with Crippen molar-refractivity contribution in [2.75, 3.05) is 14.2 Å². The number of nitrogens with zero attached hydrogens (tertiary/aromatic N) is 1. The summed E-state index contributed by atoms with van der Waals surface area (Å²) in [5.41, 5.74) is 0.908. The van der Waals surface area contributed by atoms with Crippen molar-refractivity contribution in [1.82, 2.24) is 4.90 Å². The minimum absolute atomic E-state index is 0.0999. The lowest BCUT2D eigenvalue weighted by Gasteiger charge is -2.41. The van der Waals surface area contributed by atoms with Crippen molar-refractivity contribution < 1.29 is 24.5 Å². The van der Waals surface area contributed by atoms with Crippen LogP contribution in [0, 0.1) is 0 Å². The molecule has 2 bridgehead atoms. The van der Waals surface area contributed by atoms with Gasteiger partial charge in [-0.1, -0.05) is 24.3 Å². The zero-order valence-corrected chi connectivity index (χ0v) is 14.2. The summed E-state index contributed by atoms with van der Waals surface area (Å²) in [6, 6.07) is 7.78. The monoisotopic (exact) mass is 343 g/mol. The molecule has 1 fully saturated rings. The Morgan fingerprint density at radius 2 is 2.04 bits per heavy atom. The lowest BCUT2D eigenvalue weighted by molar-refractivity contribution is -0.136. The van der Waals surface area contributed by atoms with E-state index in [1.165, 1.54) is 0 Å². The number of benzene rings is 1. The molecule has 3 rings (SSSR count). The molecule has 6 nitrogen and oxygen atoms in total. The molecule has 0 aliphatic carbocycles. The van der Waals surface area contributed by atoms with E-state index < -0.39 is 17.5 Å². The molecule has 2 N–H and O–H groups in total. The van der Waals surface area contributed by atoms with Crippen molar-refractivity contribution in [3.8, 4) is 5.75 Å². The quantitative estimate of drug-likeness (QED) is 0.799. The summed E-state index contributed by atoms with van der Waals surface area (Å²) in [5.74, 6) is -1.72. The third-order valence-electron chi connectivity index (χ3n) is 5.32. The SMILES string of the molecule is COc1ccccc1C1=CC2(/C(=C\C(=O)O)C(=O)O)CCC(C1)N2C. The maximum absolute atomic E-state index is 11.8. The van der Waals surface area contributed by atoms with Crippen LogP contribution in [0.25, 0.3) is 5.57 Å². The summed E-state index contributed by atoms with van der Waals surface area (Å²) >= 11 is 0. The summed E-state index contributed by atoms with van der Waals surface area (Å²) in [7, 11) is 3.47. The van der Waals surface area contributed by atoms with Crippen molar-refractivity contribution in [3.63, 3.8) is 0 Å². The topological polar surface area (TPSA) is 87.1 Å². The van der Waals surface area contributed by atoms with Gasteiger partial charge in [-0.25, -0.2) is 9.59 Å². The van der Waals surface area contributed by atoms with Crippen LogP contribution < -0.4 is 4.74 Å². The fraction of sp³-hybridized carbons (Fsp3) is 0.368. The highest BCUT2D eigenvalue weighted by Gasteiger charge is 2.50. The van der Waals surface area contributed by atoms with Crippen LogP contribution in [0.4, 0.5) is 0 Å². The number of carboxylic acids is 2. The predicted molar refractivity (Wildman–Crippen MR) is 92.5 cm³/mol. The molecular weight excluding hydrogens is 322 g/mol. The number of likely N-dealkylation sites (N-methyl/N-ethyl adjacent to an activating group) is 1. The highest BCUT2D eigenvalue weighted by Crippen LogP contribution is 2.49. The van der Waals surface area contributed by atoms with E-state index in [0.717, 1.165) is 35.8 Å². The number of methoxy groups -OCH3 is 1. The summed E-state index contributed by atoms with van der Waals surface area (Å²) in [6.45, 7) is 0. The van der Waals surface area contributed by atoms with E-state index in [4.69, 9.17) is 9.84 Å². The van der Waals surface area contributed by atoms with Gasteiger partial charge < -0.3 is 14.9 Å². The Hall–Kier alpha value is -2.60. The standard InChI is InChI=1S/C19H21NO5/c1-20-13-7-8-19(20,15(18(23)24)10-17(21)22)11-12(9-13)14-5-3-4-6-16(14)25-2/h3-6,10-11,13H,7-9H2,1-2H3,(H,21,22)(H,23,24)/b15-10-. The number of hydrogen-bond donors (Lipinski definition) is 2. The van der Waals surface area contributed by atoms with Crippen LogP contribution in [0.1, 0.15) is 24.8 Å². The van der Waals surface area contributed by atoms with Crippen LogP contribution in [0.15, 0.2) is 42.0 Å².